The van der Waals surface area contributed by atoms with Gasteiger partial charge in [-0.3, -0.25) is 4.79 Å². The van der Waals surface area contributed by atoms with Gasteiger partial charge in [0, 0.05) is 31.5 Å². The zero-order valence-corrected chi connectivity index (χ0v) is 14.8. The molecular weight excluding hydrogens is 349 g/mol. The highest BCUT2D eigenvalue weighted by Gasteiger charge is 2.34. The second kappa shape index (κ2) is 7.19. The number of rotatable bonds is 5. The van der Waals surface area contributed by atoms with Gasteiger partial charge < -0.3 is 14.2 Å². The standard InChI is InChI=1S/C20H18FN3O3/c1-13-22-20(23-27-13)15-10-19(25)24(11-15)17-5-7-18(8-6-17)26-12-14-3-2-4-16(21)9-14/h2-9,15H,10-12H2,1H3/t15-/m1/s1. The molecule has 138 valence electrons. The van der Waals surface area contributed by atoms with Crippen molar-refractivity contribution >= 4 is 11.6 Å². The van der Waals surface area contributed by atoms with Crippen LogP contribution in [0.15, 0.2) is 53.1 Å². The van der Waals surface area contributed by atoms with Gasteiger partial charge in [-0.2, -0.15) is 4.98 Å². The van der Waals surface area contributed by atoms with Crippen molar-refractivity contribution in [3.05, 3.63) is 71.6 Å². The molecule has 0 saturated carbocycles. The van der Waals surface area contributed by atoms with Gasteiger partial charge in [-0.15, -0.1) is 0 Å². The maximum Gasteiger partial charge on any atom is 0.227 e. The molecule has 0 spiro atoms. The van der Waals surface area contributed by atoms with E-state index in [0.717, 1.165) is 11.3 Å². The molecule has 0 aliphatic carbocycles. The lowest BCUT2D eigenvalue weighted by atomic mass is 10.1. The van der Waals surface area contributed by atoms with E-state index in [1.54, 1.807) is 36.1 Å². The van der Waals surface area contributed by atoms with Gasteiger partial charge in [0.05, 0.1) is 0 Å². The summed E-state index contributed by atoms with van der Waals surface area (Å²) in [7, 11) is 0. The number of nitrogens with zero attached hydrogens (tertiary/aromatic N) is 3. The Morgan fingerprint density at radius 1 is 1.26 bits per heavy atom. The van der Waals surface area contributed by atoms with Crippen molar-refractivity contribution in [3.63, 3.8) is 0 Å². The van der Waals surface area contributed by atoms with Crippen LogP contribution >= 0.6 is 0 Å². The highest BCUT2D eigenvalue weighted by atomic mass is 19.1. The van der Waals surface area contributed by atoms with Crippen molar-refractivity contribution in [1.82, 2.24) is 10.1 Å². The molecule has 1 atom stereocenters. The van der Waals surface area contributed by atoms with Crippen LogP contribution in [-0.4, -0.2) is 22.6 Å². The Morgan fingerprint density at radius 2 is 2.07 bits per heavy atom. The minimum Gasteiger partial charge on any atom is -0.489 e. The number of hydrogen-bond acceptors (Lipinski definition) is 5. The maximum absolute atomic E-state index is 13.2. The summed E-state index contributed by atoms with van der Waals surface area (Å²) < 4.78 is 23.9. The van der Waals surface area contributed by atoms with Crippen molar-refractivity contribution in [3.8, 4) is 5.75 Å². The number of carbonyl (C=O) groups excluding carboxylic acids is 1. The summed E-state index contributed by atoms with van der Waals surface area (Å²) in [6.45, 7) is 2.52. The minimum atomic E-state index is -0.287. The van der Waals surface area contributed by atoms with Crippen LogP contribution in [0.4, 0.5) is 10.1 Å². The average Bonchev–Trinajstić information content (AvgIpc) is 3.26. The first kappa shape index (κ1) is 17.2. The Labute approximate surface area is 155 Å². The molecule has 0 radical (unpaired) electrons. The molecule has 6 nitrogen and oxygen atoms in total. The van der Waals surface area contributed by atoms with Gasteiger partial charge in [0.1, 0.15) is 18.2 Å². The third-order valence-corrected chi connectivity index (χ3v) is 4.48. The molecule has 0 bridgehead atoms. The van der Waals surface area contributed by atoms with Gasteiger partial charge in [-0.1, -0.05) is 17.3 Å². The molecule has 1 aliphatic heterocycles. The van der Waals surface area contributed by atoms with E-state index in [0.29, 0.717) is 30.4 Å². The largest absolute Gasteiger partial charge is 0.489 e. The van der Waals surface area contributed by atoms with E-state index >= 15 is 0 Å². The molecule has 7 heteroatoms. The van der Waals surface area contributed by atoms with Crippen molar-refractivity contribution < 1.29 is 18.4 Å². The summed E-state index contributed by atoms with van der Waals surface area (Å²) in [6, 6.07) is 13.6. The maximum atomic E-state index is 13.2. The van der Waals surface area contributed by atoms with Gasteiger partial charge in [0.25, 0.3) is 0 Å². The predicted molar refractivity (Wildman–Crippen MR) is 95.9 cm³/mol. The number of hydrogen-bond donors (Lipinski definition) is 0. The zero-order chi connectivity index (χ0) is 18.8. The van der Waals surface area contributed by atoms with E-state index < -0.39 is 0 Å². The number of amides is 1. The summed E-state index contributed by atoms with van der Waals surface area (Å²) in [4.78, 5) is 18.3. The highest BCUT2D eigenvalue weighted by Crippen LogP contribution is 2.31. The third-order valence-electron chi connectivity index (χ3n) is 4.48. The fourth-order valence-corrected chi connectivity index (χ4v) is 3.13. The normalized spacial score (nSPS) is 16.7. The Morgan fingerprint density at radius 3 is 2.78 bits per heavy atom. The average molecular weight is 367 g/mol. The monoisotopic (exact) mass is 367 g/mol. The lowest BCUT2D eigenvalue weighted by molar-refractivity contribution is -0.117. The molecule has 3 aromatic rings. The highest BCUT2D eigenvalue weighted by molar-refractivity contribution is 5.96. The SMILES string of the molecule is Cc1nc([C@@H]2CC(=O)N(c3ccc(OCc4cccc(F)c4)cc3)C2)no1. The van der Waals surface area contributed by atoms with Crippen LogP contribution in [-0.2, 0) is 11.4 Å². The fraction of sp³-hybridized carbons (Fsp3) is 0.250. The molecule has 1 fully saturated rings. The van der Waals surface area contributed by atoms with Crippen molar-refractivity contribution in [2.45, 2.75) is 25.9 Å². The topological polar surface area (TPSA) is 68.5 Å². The van der Waals surface area contributed by atoms with Gasteiger partial charge in [0.2, 0.25) is 11.8 Å². The van der Waals surface area contributed by atoms with E-state index in [9.17, 15) is 9.18 Å². The Hall–Kier alpha value is -3.22. The fourth-order valence-electron chi connectivity index (χ4n) is 3.13. The molecule has 4 rings (SSSR count). The van der Waals surface area contributed by atoms with Crippen LogP contribution < -0.4 is 9.64 Å². The second-order valence-corrected chi connectivity index (χ2v) is 6.49. The summed E-state index contributed by atoms with van der Waals surface area (Å²) in [5, 5.41) is 3.92. The molecule has 27 heavy (non-hydrogen) atoms. The van der Waals surface area contributed by atoms with E-state index in [4.69, 9.17) is 9.26 Å². The van der Waals surface area contributed by atoms with Crippen LogP contribution in [0, 0.1) is 12.7 Å². The van der Waals surface area contributed by atoms with Gasteiger partial charge in [-0.05, 0) is 42.0 Å². The number of aryl methyl sites for hydroxylation is 1. The number of carbonyl (C=O) groups is 1. The Kier molecular flexibility index (Phi) is 4.58. The van der Waals surface area contributed by atoms with Crippen molar-refractivity contribution in [2.75, 3.05) is 11.4 Å². The molecular formula is C20H18FN3O3. The molecule has 2 aromatic carbocycles. The molecule has 1 amide bonds. The molecule has 2 heterocycles. The lowest BCUT2D eigenvalue weighted by Crippen LogP contribution is -2.24. The first-order valence-corrected chi connectivity index (χ1v) is 8.66. The summed E-state index contributed by atoms with van der Waals surface area (Å²) >= 11 is 0. The van der Waals surface area contributed by atoms with Gasteiger partial charge in [-0.25, -0.2) is 4.39 Å². The first-order valence-electron chi connectivity index (χ1n) is 8.66. The van der Waals surface area contributed by atoms with Gasteiger partial charge in [0.15, 0.2) is 5.82 Å². The number of ether oxygens (including phenoxy) is 1. The quantitative estimate of drug-likeness (QED) is 0.689. The van der Waals surface area contributed by atoms with E-state index in [1.807, 2.05) is 12.1 Å². The van der Waals surface area contributed by atoms with Crippen molar-refractivity contribution in [1.29, 1.82) is 0 Å². The van der Waals surface area contributed by atoms with Crippen molar-refractivity contribution in [2.24, 2.45) is 0 Å². The van der Waals surface area contributed by atoms with Crippen LogP contribution in [0.2, 0.25) is 0 Å². The van der Waals surface area contributed by atoms with Crippen LogP contribution in [0.5, 0.6) is 5.75 Å². The summed E-state index contributed by atoms with van der Waals surface area (Å²) in [6.07, 6.45) is 0.358. The lowest BCUT2D eigenvalue weighted by Gasteiger charge is -2.16. The molecule has 0 unspecified atom stereocenters. The molecule has 1 aromatic heterocycles. The predicted octanol–water partition coefficient (Wildman–Crippen LogP) is 3.62. The third kappa shape index (κ3) is 3.81. The zero-order valence-electron chi connectivity index (χ0n) is 14.8. The Balaban J connectivity index is 1.40. The number of halogens is 1. The first-order chi connectivity index (χ1) is 13.1. The second-order valence-electron chi connectivity index (χ2n) is 6.49. The van der Waals surface area contributed by atoms with E-state index in [2.05, 4.69) is 10.1 Å². The molecule has 0 N–H and O–H groups in total. The van der Waals surface area contributed by atoms with Gasteiger partial charge >= 0.3 is 0 Å². The van der Waals surface area contributed by atoms with Crippen LogP contribution in [0.1, 0.15) is 29.6 Å². The molecule has 1 aliphatic rings. The van der Waals surface area contributed by atoms with E-state index in [1.165, 1.54) is 12.1 Å². The smallest absolute Gasteiger partial charge is 0.227 e. The summed E-state index contributed by atoms with van der Waals surface area (Å²) in [5.74, 6) is 1.38. The van der Waals surface area contributed by atoms with E-state index in [-0.39, 0.29) is 24.2 Å². The number of benzene rings is 2. The van der Waals surface area contributed by atoms with Crippen LogP contribution in [0.25, 0.3) is 0 Å². The van der Waals surface area contributed by atoms with Crippen LogP contribution in [0.3, 0.4) is 0 Å². The number of anilines is 1. The Bertz CT molecular complexity index is 955. The minimum absolute atomic E-state index is 0.0240. The number of aromatic nitrogens is 2. The summed E-state index contributed by atoms with van der Waals surface area (Å²) in [5.41, 5.74) is 1.55. The molecule has 1 saturated heterocycles.